The zero-order valence-corrected chi connectivity index (χ0v) is 19.8. The number of benzene rings is 1. The van der Waals surface area contributed by atoms with Crippen molar-refractivity contribution < 1.29 is 19.0 Å². The molecule has 35 heavy (non-hydrogen) atoms. The van der Waals surface area contributed by atoms with Gasteiger partial charge >= 0.3 is 0 Å². The Morgan fingerprint density at radius 2 is 1.94 bits per heavy atom. The Kier molecular flexibility index (Phi) is 7.38. The number of nitriles is 1. The Morgan fingerprint density at radius 1 is 1.14 bits per heavy atom. The minimum atomic E-state index is -0.206. The highest BCUT2D eigenvalue weighted by molar-refractivity contribution is 5.96. The normalized spacial score (nSPS) is 13.5. The van der Waals surface area contributed by atoms with Crippen molar-refractivity contribution in [3.8, 4) is 29.0 Å². The predicted molar refractivity (Wildman–Crippen MR) is 129 cm³/mol. The number of carbonyl (C=O) groups excluding carboxylic acids is 1. The lowest BCUT2D eigenvalue weighted by atomic mass is 10.1. The van der Waals surface area contributed by atoms with Gasteiger partial charge < -0.3 is 24.4 Å². The van der Waals surface area contributed by atoms with Crippen molar-refractivity contribution in [2.24, 2.45) is 0 Å². The average molecular weight is 475 g/mol. The molecule has 2 aromatic heterocycles. The topological polar surface area (TPSA) is 122 Å². The fourth-order valence-electron chi connectivity index (χ4n) is 3.64. The lowest BCUT2D eigenvalue weighted by molar-refractivity contribution is 0.0254. The minimum absolute atomic E-state index is 0.0421. The van der Waals surface area contributed by atoms with E-state index in [1.54, 1.807) is 44.4 Å². The van der Waals surface area contributed by atoms with Crippen molar-refractivity contribution in [2.45, 2.75) is 18.9 Å². The van der Waals surface area contributed by atoms with Gasteiger partial charge in [-0.3, -0.25) is 4.79 Å². The zero-order valence-electron chi connectivity index (χ0n) is 19.8. The molecule has 3 aromatic rings. The lowest BCUT2D eigenvalue weighted by Gasteiger charge is -2.23. The number of ether oxygens (including phenoxy) is 3. The van der Waals surface area contributed by atoms with Crippen LogP contribution >= 0.6 is 0 Å². The van der Waals surface area contributed by atoms with Gasteiger partial charge in [-0.1, -0.05) is 0 Å². The number of nitrogens with zero attached hydrogens (tertiary/aromatic N) is 5. The quantitative estimate of drug-likeness (QED) is 0.549. The van der Waals surface area contributed by atoms with Crippen LogP contribution in [0, 0.1) is 11.3 Å². The molecular formula is C25H26N6O4. The number of anilines is 2. The molecule has 180 valence electrons. The summed E-state index contributed by atoms with van der Waals surface area (Å²) in [5.41, 5.74) is 2.18. The van der Waals surface area contributed by atoms with E-state index in [0.717, 1.165) is 18.4 Å². The van der Waals surface area contributed by atoms with Crippen LogP contribution in [0.4, 0.5) is 11.6 Å². The monoisotopic (exact) mass is 474 g/mol. The summed E-state index contributed by atoms with van der Waals surface area (Å²) in [7, 11) is 4.79. The number of carbonyl (C=O) groups is 1. The Bertz CT molecular complexity index is 1250. The molecule has 10 nitrogen and oxygen atoms in total. The van der Waals surface area contributed by atoms with E-state index >= 15 is 0 Å². The van der Waals surface area contributed by atoms with Crippen LogP contribution in [0.5, 0.6) is 11.6 Å². The summed E-state index contributed by atoms with van der Waals surface area (Å²) in [5.74, 6) is 1.51. The van der Waals surface area contributed by atoms with Gasteiger partial charge in [-0.05, 0) is 30.3 Å². The van der Waals surface area contributed by atoms with Gasteiger partial charge in [-0.15, -0.1) is 0 Å². The second kappa shape index (κ2) is 10.8. The number of amides is 1. The molecule has 0 saturated carbocycles. The van der Waals surface area contributed by atoms with Crippen LogP contribution in [0.3, 0.4) is 0 Å². The zero-order chi connectivity index (χ0) is 24.8. The second-order valence-electron chi connectivity index (χ2n) is 8.12. The van der Waals surface area contributed by atoms with Crippen molar-refractivity contribution in [3.63, 3.8) is 0 Å². The van der Waals surface area contributed by atoms with Gasteiger partial charge in [0.15, 0.2) is 0 Å². The molecule has 1 amide bonds. The summed E-state index contributed by atoms with van der Waals surface area (Å²) in [6.07, 6.45) is 3.07. The number of nitrogens with one attached hydrogen (secondary N) is 1. The third-order valence-corrected chi connectivity index (χ3v) is 5.47. The van der Waals surface area contributed by atoms with Gasteiger partial charge in [0.1, 0.15) is 41.4 Å². The maximum absolute atomic E-state index is 12.3. The number of aromatic nitrogens is 3. The maximum Gasteiger partial charge on any atom is 0.258 e. The van der Waals surface area contributed by atoms with Gasteiger partial charge in [-0.2, -0.15) is 10.2 Å². The van der Waals surface area contributed by atoms with E-state index in [-0.39, 0.29) is 17.9 Å². The third kappa shape index (κ3) is 5.65. The molecule has 0 bridgehead atoms. The van der Waals surface area contributed by atoms with Gasteiger partial charge in [0.05, 0.1) is 31.6 Å². The molecule has 1 aliphatic heterocycles. The van der Waals surface area contributed by atoms with E-state index in [1.807, 2.05) is 6.07 Å². The van der Waals surface area contributed by atoms with Gasteiger partial charge in [0.25, 0.3) is 5.91 Å². The lowest BCUT2D eigenvalue weighted by Crippen LogP contribution is -2.26. The molecule has 4 rings (SSSR count). The molecule has 1 fully saturated rings. The Balaban J connectivity index is 1.54. The molecule has 0 aliphatic carbocycles. The molecular weight excluding hydrogens is 448 g/mol. The van der Waals surface area contributed by atoms with E-state index in [0.29, 0.717) is 47.4 Å². The molecule has 1 saturated heterocycles. The molecule has 10 heteroatoms. The Hall–Kier alpha value is -4.23. The van der Waals surface area contributed by atoms with Crippen molar-refractivity contribution in [3.05, 3.63) is 53.9 Å². The molecule has 0 spiro atoms. The molecule has 1 N–H and O–H groups in total. The van der Waals surface area contributed by atoms with E-state index in [1.165, 1.54) is 18.3 Å². The number of hydrogen-bond donors (Lipinski definition) is 1. The largest absolute Gasteiger partial charge is 0.489 e. The van der Waals surface area contributed by atoms with Gasteiger partial charge in [0, 0.05) is 38.6 Å². The van der Waals surface area contributed by atoms with Crippen LogP contribution in [0.1, 0.15) is 28.8 Å². The van der Waals surface area contributed by atoms with E-state index in [9.17, 15) is 10.1 Å². The summed E-state index contributed by atoms with van der Waals surface area (Å²) >= 11 is 0. The molecule has 1 aliphatic rings. The highest BCUT2D eigenvalue weighted by Gasteiger charge is 2.18. The number of pyridine rings is 1. The van der Waals surface area contributed by atoms with Crippen molar-refractivity contribution in [1.82, 2.24) is 19.9 Å². The van der Waals surface area contributed by atoms with Crippen molar-refractivity contribution in [2.75, 3.05) is 39.7 Å². The van der Waals surface area contributed by atoms with Crippen LogP contribution < -0.4 is 14.8 Å². The fourth-order valence-corrected chi connectivity index (χ4v) is 3.64. The van der Waals surface area contributed by atoms with Crippen molar-refractivity contribution in [1.29, 1.82) is 5.26 Å². The Labute approximate surface area is 203 Å². The van der Waals surface area contributed by atoms with Gasteiger partial charge in [0.2, 0.25) is 5.88 Å². The first-order valence-corrected chi connectivity index (χ1v) is 11.1. The molecule has 0 unspecified atom stereocenters. The van der Waals surface area contributed by atoms with Crippen LogP contribution in [0.15, 0.2) is 42.7 Å². The summed E-state index contributed by atoms with van der Waals surface area (Å²) in [6, 6.07) is 12.7. The second-order valence-corrected chi connectivity index (χ2v) is 8.12. The highest BCUT2D eigenvalue weighted by Crippen LogP contribution is 2.29. The number of hydrogen-bond acceptors (Lipinski definition) is 9. The molecule has 3 heterocycles. The van der Waals surface area contributed by atoms with E-state index in [4.69, 9.17) is 14.2 Å². The smallest absolute Gasteiger partial charge is 0.258 e. The van der Waals surface area contributed by atoms with Gasteiger partial charge in [-0.25, -0.2) is 9.97 Å². The first kappa shape index (κ1) is 23.9. The van der Waals surface area contributed by atoms with E-state index in [2.05, 4.69) is 26.3 Å². The van der Waals surface area contributed by atoms with Crippen LogP contribution in [0.25, 0.3) is 11.3 Å². The fraction of sp³-hybridized carbons (Fsp3) is 0.320. The number of rotatable bonds is 7. The number of methoxy groups -OCH3 is 1. The predicted octanol–water partition coefficient (Wildman–Crippen LogP) is 3.42. The first-order chi connectivity index (χ1) is 17.0. The SMILES string of the molecule is COc1nc(Nc2cc(-c3ccc(OC4CCOCC4)c(C#N)c3)ncn2)ccc1C(=O)N(C)C. The third-order valence-electron chi connectivity index (χ3n) is 5.47. The van der Waals surface area contributed by atoms with Crippen LogP contribution in [0.2, 0.25) is 0 Å². The summed E-state index contributed by atoms with van der Waals surface area (Å²) in [4.78, 5) is 26.8. The highest BCUT2D eigenvalue weighted by atomic mass is 16.5. The Morgan fingerprint density at radius 3 is 2.66 bits per heavy atom. The summed E-state index contributed by atoms with van der Waals surface area (Å²) in [5, 5.41) is 12.8. The van der Waals surface area contributed by atoms with Crippen LogP contribution in [-0.4, -0.2) is 66.3 Å². The molecule has 0 radical (unpaired) electrons. The first-order valence-electron chi connectivity index (χ1n) is 11.1. The summed E-state index contributed by atoms with van der Waals surface area (Å²) in [6.45, 7) is 1.33. The standard InChI is InChI=1S/C25H26N6O4/c1-31(2)25(32)19-5-7-22(30-24(19)33-3)29-23-13-20(27-15-28-23)16-4-6-21(17(12-16)14-26)35-18-8-10-34-11-9-18/h4-7,12-13,15,18H,8-11H2,1-3H3,(H,27,28,29,30). The molecule has 0 atom stereocenters. The minimum Gasteiger partial charge on any atom is -0.489 e. The average Bonchev–Trinajstić information content (AvgIpc) is 2.89. The van der Waals surface area contributed by atoms with Crippen LogP contribution in [-0.2, 0) is 4.74 Å². The van der Waals surface area contributed by atoms with Crippen molar-refractivity contribution >= 4 is 17.5 Å². The molecule has 1 aromatic carbocycles. The maximum atomic E-state index is 12.3. The van der Waals surface area contributed by atoms with E-state index < -0.39 is 0 Å². The summed E-state index contributed by atoms with van der Waals surface area (Å²) < 4.78 is 16.7.